The quantitative estimate of drug-likeness (QED) is 0.862. The van der Waals surface area contributed by atoms with E-state index in [1.165, 1.54) is 18.5 Å². The van der Waals surface area contributed by atoms with Crippen LogP contribution >= 0.6 is 0 Å². The predicted molar refractivity (Wildman–Crippen MR) is 83.5 cm³/mol. The number of nitrogens with two attached hydrogens (primary N) is 1. The highest BCUT2D eigenvalue weighted by atomic mass is 15.3. The molecule has 1 fully saturated rings. The average molecular weight is 276 g/mol. The van der Waals surface area contributed by atoms with E-state index in [9.17, 15) is 0 Å². The Bertz CT molecular complexity index is 373. The molecule has 4 nitrogen and oxygen atoms in total. The topological polar surface area (TPSA) is 45.4 Å². The lowest BCUT2D eigenvalue weighted by molar-refractivity contribution is 0.0835. The van der Waals surface area contributed by atoms with E-state index >= 15 is 0 Å². The summed E-state index contributed by atoms with van der Waals surface area (Å²) >= 11 is 0. The average Bonchev–Trinajstić information content (AvgIpc) is 2.50. The van der Waals surface area contributed by atoms with Gasteiger partial charge in [-0.05, 0) is 31.0 Å². The summed E-state index contributed by atoms with van der Waals surface area (Å²) in [4.78, 5) is 9.36. The first-order valence-corrected chi connectivity index (χ1v) is 7.88. The first-order valence-electron chi connectivity index (χ1n) is 7.88. The van der Waals surface area contributed by atoms with Gasteiger partial charge in [-0.3, -0.25) is 9.88 Å². The molecule has 0 amide bonds. The van der Waals surface area contributed by atoms with Gasteiger partial charge in [0.05, 0.1) is 6.04 Å². The molecule has 0 bridgehead atoms. The van der Waals surface area contributed by atoms with Gasteiger partial charge in [-0.15, -0.1) is 0 Å². The zero-order valence-corrected chi connectivity index (χ0v) is 12.8. The Balaban J connectivity index is 2.05. The molecule has 0 spiro atoms. The second-order valence-corrected chi connectivity index (χ2v) is 5.68. The summed E-state index contributed by atoms with van der Waals surface area (Å²) in [6, 6.07) is 4.65. The number of piperazine rings is 1. The van der Waals surface area contributed by atoms with Crippen LogP contribution in [0.1, 0.15) is 38.3 Å². The van der Waals surface area contributed by atoms with Gasteiger partial charge in [0, 0.05) is 44.6 Å². The van der Waals surface area contributed by atoms with Crippen molar-refractivity contribution in [3.8, 4) is 0 Å². The SMILES string of the molecule is CCCN1CCN(C(c2cccnc2)C(N)CC)CC1. The molecule has 2 atom stereocenters. The number of hydrogen-bond donors (Lipinski definition) is 1. The second-order valence-electron chi connectivity index (χ2n) is 5.68. The van der Waals surface area contributed by atoms with Gasteiger partial charge in [-0.25, -0.2) is 0 Å². The highest BCUT2D eigenvalue weighted by Gasteiger charge is 2.28. The van der Waals surface area contributed by atoms with Crippen LogP contribution in [0.4, 0.5) is 0 Å². The molecule has 2 unspecified atom stereocenters. The third-order valence-electron chi connectivity index (χ3n) is 4.24. The first-order chi connectivity index (χ1) is 9.76. The minimum Gasteiger partial charge on any atom is -0.326 e. The summed E-state index contributed by atoms with van der Waals surface area (Å²) in [5.41, 5.74) is 7.65. The fourth-order valence-electron chi connectivity index (χ4n) is 3.08. The Hall–Kier alpha value is -0.970. The lowest BCUT2D eigenvalue weighted by Crippen LogP contribution is -2.51. The summed E-state index contributed by atoms with van der Waals surface area (Å²) in [7, 11) is 0. The molecule has 1 aromatic heterocycles. The van der Waals surface area contributed by atoms with Gasteiger partial charge in [0.1, 0.15) is 0 Å². The summed E-state index contributed by atoms with van der Waals surface area (Å²) in [5, 5.41) is 0. The molecule has 1 aliphatic rings. The van der Waals surface area contributed by atoms with Gasteiger partial charge in [-0.1, -0.05) is 19.9 Å². The summed E-state index contributed by atoms with van der Waals surface area (Å²) < 4.78 is 0. The third kappa shape index (κ3) is 3.78. The molecular formula is C16H28N4. The molecule has 0 saturated carbocycles. The van der Waals surface area contributed by atoms with Crippen LogP contribution in [0.2, 0.25) is 0 Å². The molecule has 1 aromatic rings. The normalized spacial score (nSPS) is 20.8. The van der Waals surface area contributed by atoms with Crippen LogP contribution in [0.3, 0.4) is 0 Å². The van der Waals surface area contributed by atoms with Crippen molar-refractivity contribution in [1.29, 1.82) is 0 Å². The molecule has 2 N–H and O–H groups in total. The minimum absolute atomic E-state index is 0.178. The lowest BCUT2D eigenvalue weighted by Gasteiger charge is -2.41. The Morgan fingerprint density at radius 2 is 2.00 bits per heavy atom. The third-order valence-corrected chi connectivity index (χ3v) is 4.24. The van der Waals surface area contributed by atoms with Crippen molar-refractivity contribution >= 4 is 0 Å². The van der Waals surface area contributed by atoms with Crippen LogP contribution < -0.4 is 5.73 Å². The Morgan fingerprint density at radius 3 is 2.55 bits per heavy atom. The summed E-state index contributed by atoms with van der Waals surface area (Å²) in [5.74, 6) is 0. The zero-order valence-electron chi connectivity index (χ0n) is 12.8. The van der Waals surface area contributed by atoms with E-state index in [0.717, 1.165) is 32.6 Å². The molecule has 112 valence electrons. The number of nitrogens with zero attached hydrogens (tertiary/aromatic N) is 3. The molecule has 0 aliphatic carbocycles. The van der Waals surface area contributed by atoms with E-state index in [2.05, 4.69) is 34.7 Å². The molecule has 2 heterocycles. The van der Waals surface area contributed by atoms with E-state index in [1.54, 1.807) is 0 Å². The fourth-order valence-corrected chi connectivity index (χ4v) is 3.08. The maximum atomic E-state index is 6.39. The monoisotopic (exact) mass is 276 g/mol. The number of hydrogen-bond acceptors (Lipinski definition) is 4. The maximum absolute atomic E-state index is 6.39. The van der Waals surface area contributed by atoms with Gasteiger partial charge >= 0.3 is 0 Å². The van der Waals surface area contributed by atoms with E-state index in [4.69, 9.17) is 5.73 Å². The Morgan fingerprint density at radius 1 is 1.25 bits per heavy atom. The molecular weight excluding hydrogens is 248 g/mol. The van der Waals surface area contributed by atoms with Crippen molar-refractivity contribution in [1.82, 2.24) is 14.8 Å². The van der Waals surface area contributed by atoms with Crippen molar-refractivity contribution in [2.24, 2.45) is 5.73 Å². The lowest BCUT2D eigenvalue weighted by atomic mass is 9.97. The van der Waals surface area contributed by atoms with Crippen LogP contribution in [0, 0.1) is 0 Å². The number of rotatable bonds is 6. The molecule has 1 saturated heterocycles. The first kappa shape index (κ1) is 15.4. The Kier molecular flexibility index (Phi) is 5.95. The fraction of sp³-hybridized carbons (Fsp3) is 0.688. The van der Waals surface area contributed by atoms with Crippen LogP contribution in [0.25, 0.3) is 0 Å². The maximum Gasteiger partial charge on any atom is 0.0515 e. The summed E-state index contributed by atoms with van der Waals surface area (Å²) in [6.45, 7) is 10.1. The molecule has 4 heteroatoms. The van der Waals surface area contributed by atoms with Crippen molar-refractivity contribution in [2.75, 3.05) is 32.7 Å². The van der Waals surface area contributed by atoms with E-state index in [1.807, 2.05) is 18.5 Å². The van der Waals surface area contributed by atoms with Crippen molar-refractivity contribution in [2.45, 2.75) is 38.8 Å². The molecule has 0 aromatic carbocycles. The van der Waals surface area contributed by atoms with Gasteiger partial charge in [0.25, 0.3) is 0 Å². The van der Waals surface area contributed by atoms with E-state index < -0.39 is 0 Å². The van der Waals surface area contributed by atoms with E-state index in [-0.39, 0.29) is 6.04 Å². The van der Waals surface area contributed by atoms with Crippen molar-refractivity contribution < 1.29 is 0 Å². The standard InChI is InChI=1S/C16H28N4/c1-3-8-19-9-11-20(12-10-19)16(15(17)4-2)14-6-5-7-18-13-14/h5-7,13,15-16H,3-4,8-12,17H2,1-2H3. The number of aromatic nitrogens is 1. The van der Waals surface area contributed by atoms with Crippen LogP contribution in [0.5, 0.6) is 0 Å². The summed E-state index contributed by atoms with van der Waals surface area (Å²) in [6.07, 6.45) is 6.03. The minimum atomic E-state index is 0.178. The Labute approximate surface area is 123 Å². The van der Waals surface area contributed by atoms with E-state index in [0.29, 0.717) is 6.04 Å². The number of pyridine rings is 1. The highest BCUT2D eigenvalue weighted by molar-refractivity contribution is 5.16. The van der Waals surface area contributed by atoms with Crippen LogP contribution in [-0.4, -0.2) is 53.5 Å². The van der Waals surface area contributed by atoms with Gasteiger partial charge in [0.2, 0.25) is 0 Å². The van der Waals surface area contributed by atoms with Gasteiger partial charge < -0.3 is 10.6 Å². The van der Waals surface area contributed by atoms with Crippen molar-refractivity contribution in [3.05, 3.63) is 30.1 Å². The largest absolute Gasteiger partial charge is 0.326 e. The molecule has 2 rings (SSSR count). The predicted octanol–water partition coefficient (Wildman–Crippen LogP) is 1.89. The molecule has 1 aliphatic heterocycles. The molecule has 0 radical (unpaired) electrons. The molecule has 20 heavy (non-hydrogen) atoms. The van der Waals surface area contributed by atoms with Crippen LogP contribution in [0.15, 0.2) is 24.5 Å². The van der Waals surface area contributed by atoms with Gasteiger partial charge in [0.15, 0.2) is 0 Å². The highest BCUT2D eigenvalue weighted by Crippen LogP contribution is 2.25. The smallest absolute Gasteiger partial charge is 0.0515 e. The van der Waals surface area contributed by atoms with Crippen molar-refractivity contribution in [3.63, 3.8) is 0 Å². The van der Waals surface area contributed by atoms with Gasteiger partial charge in [-0.2, -0.15) is 0 Å². The second kappa shape index (κ2) is 7.72. The zero-order chi connectivity index (χ0) is 14.4. The van der Waals surface area contributed by atoms with Crippen LogP contribution in [-0.2, 0) is 0 Å².